The standard InChI is InChI=1S/C23H27N3S/c1-18(26-12-5-10-24-11-13-26)16-27-17-22-14-21-9-8-20(15-23(21)25-22)19-6-3-2-4-7-19/h2-4,6-9,15,24H,1,5,10-14,16-17H2. The Morgan fingerprint density at radius 3 is 2.85 bits per heavy atom. The highest BCUT2D eigenvalue weighted by atomic mass is 32.2. The zero-order valence-corrected chi connectivity index (χ0v) is 16.6. The smallest absolute Gasteiger partial charge is 0.0671 e. The summed E-state index contributed by atoms with van der Waals surface area (Å²) in [6.07, 6.45) is 2.19. The largest absolute Gasteiger partial charge is 0.373 e. The molecule has 2 aromatic rings. The lowest BCUT2D eigenvalue weighted by Gasteiger charge is -2.24. The van der Waals surface area contributed by atoms with Gasteiger partial charge in [0.05, 0.1) is 5.69 Å². The van der Waals surface area contributed by atoms with Crippen LogP contribution in [0.25, 0.3) is 11.1 Å². The Hall–Kier alpha value is -2.04. The first kappa shape index (κ1) is 18.3. The summed E-state index contributed by atoms with van der Waals surface area (Å²) in [5, 5.41) is 3.45. The number of fused-ring (bicyclic) bond motifs is 1. The van der Waals surface area contributed by atoms with Crippen molar-refractivity contribution in [2.75, 3.05) is 37.7 Å². The van der Waals surface area contributed by atoms with Crippen LogP contribution in [0.2, 0.25) is 0 Å². The molecule has 2 aliphatic heterocycles. The molecule has 27 heavy (non-hydrogen) atoms. The van der Waals surface area contributed by atoms with Gasteiger partial charge in [0.15, 0.2) is 0 Å². The van der Waals surface area contributed by atoms with E-state index in [1.807, 2.05) is 11.8 Å². The third-order valence-electron chi connectivity index (χ3n) is 5.19. The molecule has 2 aliphatic rings. The van der Waals surface area contributed by atoms with E-state index in [9.17, 15) is 0 Å². The molecule has 4 heteroatoms. The number of benzene rings is 2. The minimum atomic E-state index is 0.984. The SMILES string of the molecule is C=C(CSCC1=Nc2cc(-c3ccccc3)ccc2C1)N1CCCNCC1. The van der Waals surface area contributed by atoms with E-state index in [0.717, 1.165) is 49.8 Å². The van der Waals surface area contributed by atoms with Gasteiger partial charge in [0.1, 0.15) is 0 Å². The zero-order chi connectivity index (χ0) is 18.5. The van der Waals surface area contributed by atoms with Gasteiger partial charge in [-0.2, -0.15) is 0 Å². The van der Waals surface area contributed by atoms with Crippen LogP contribution in [0.1, 0.15) is 12.0 Å². The Morgan fingerprint density at radius 2 is 1.96 bits per heavy atom. The van der Waals surface area contributed by atoms with E-state index in [1.165, 1.54) is 34.5 Å². The lowest BCUT2D eigenvalue weighted by molar-refractivity contribution is 0.372. The van der Waals surface area contributed by atoms with Crippen molar-refractivity contribution in [3.05, 3.63) is 66.4 Å². The van der Waals surface area contributed by atoms with Crippen molar-refractivity contribution in [1.29, 1.82) is 0 Å². The number of hydrogen-bond donors (Lipinski definition) is 1. The molecule has 1 saturated heterocycles. The summed E-state index contributed by atoms with van der Waals surface area (Å²) in [5.74, 6) is 1.98. The predicted molar refractivity (Wildman–Crippen MR) is 118 cm³/mol. The fourth-order valence-corrected chi connectivity index (χ4v) is 4.60. The minimum absolute atomic E-state index is 0.984. The molecular weight excluding hydrogens is 350 g/mol. The molecule has 0 atom stereocenters. The lowest BCUT2D eigenvalue weighted by atomic mass is 10.0. The summed E-state index contributed by atoms with van der Waals surface area (Å²) in [6.45, 7) is 8.70. The van der Waals surface area contributed by atoms with Crippen molar-refractivity contribution >= 4 is 23.2 Å². The van der Waals surface area contributed by atoms with Gasteiger partial charge in [0, 0.05) is 49.0 Å². The summed E-state index contributed by atoms with van der Waals surface area (Å²) in [7, 11) is 0. The molecule has 0 bridgehead atoms. The molecule has 0 spiro atoms. The molecule has 4 rings (SSSR count). The van der Waals surface area contributed by atoms with Gasteiger partial charge in [0.25, 0.3) is 0 Å². The van der Waals surface area contributed by atoms with Gasteiger partial charge >= 0.3 is 0 Å². The van der Waals surface area contributed by atoms with E-state index in [4.69, 9.17) is 4.99 Å². The molecule has 0 unspecified atom stereocenters. The van der Waals surface area contributed by atoms with Crippen LogP contribution >= 0.6 is 11.8 Å². The second-order valence-corrected chi connectivity index (χ2v) is 8.20. The van der Waals surface area contributed by atoms with Crippen molar-refractivity contribution in [2.24, 2.45) is 4.99 Å². The molecule has 1 fully saturated rings. The third-order valence-corrected chi connectivity index (χ3v) is 6.26. The number of hydrogen-bond acceptors (Lipinski definition) is 4. The van der Waals surface area contributed by atoms with Crippen molar-refractivity contribution in [1.82, 2.24) is 10.2 Å². The summed E-state index contributed by atoms with van der Waals surface area (Å²) in [5.41, 5.74) is 7.53. The first-order chi connectivity index (χ1) is 13.3. The molecule has 0 aliphatic carbocycles. The highest BCUT2D eigenvalue weighted by Gasteiger charge is 2.16. The monoisotopic (exact) mass is 377 g/mol. The van der Waals surface area contributed by atoms with Crippen LogP contribution in [0.3, 0.4) is 0 Å². The fourth-order valence-electron chi connectivity index (χ4n) is 3.68. The molecular formula is C23H27N3S. The van der Waals surface area contributed by atoms with Gasteiger partial charge in [-0.3, -0.25) is 4.99 Å². The van der Waals surface area contributed by atoms with Crippen LogP contribution in [0, 0.1) is 0 Å². The Labute approximate surface area is 166 Å². The van der Waals surface area contributed by atoms with Crippen LogP contribution in [-0.4, -0.2) is 48.3 Å². The van der Waals surface area contributed by atoms with E-state index >= 15 is 0 Å². The fraction of sp³-hybridized carbons (Fsp3) is 0.348. The zero-order valence-electron chi connectivity index (χ0n) is 15.8. The van der Waals surface area contributed by atoms with Gasteiger partial charge in [-0.05, 0) is 35.7 Å². The lowest BCUT2D eigenvalue weighted by Crippen LogP contribution is -2.28. The molecule has 140 valence electrons. The molecule has 0 amide bonds. The molecule has 1 N–H and O–H groups in total. The Morgan fingerprint density at radius 1 is 1.07 bits per heavy atom. The predicted octanol–water partition coefficient (Wildman–Crippen LogP) is 4.52. The van der Waals surface area contributed by atoms with E-state index in [-0.39, 0.29) is 0 Å². The molecule has 3 nitrogen and oxygen atoms in total. The van der Waals surface area contributed by atoms with Crippen LogP contribution in [0.5, 0.6) is 0 Å². The van der Waals surface area contributed by atoms with Gasteiger partial charge in [0.2, 0.25) is 0 Å². The second-order valence-electron chi connectivity index (χ2n) is 7.21. The topological polar surface area (TPSA) is 27.6 Å². The quantitative estimate of drug-likeness (QED) is 0.802. The van der Waals surface area contributed by atoms with Crippen LogP contribution in [0.4, 0.5) is 5.69 Å². The normalized spacial score (nSPS) is 16.6. The highest BCUT2D eigenvalue weighted by molar-refractivity contribution is 8.00. The second kappa shape index (κ2) is 8.77. The first-order valence-corrected chi connectivity index (χ1v) is 10.9. The van der Waals surface area contributed by atoms with Crippen LogP contribution in [0.15, 0.2) is 65.8 Å². The number of nitrogens with one attached hydrogen (secondary N) is 1. The van der Waals surface area contributed by atoms with Crippen molar-refractivity contribution in [3.8, 4) is 11.1 Å². The molecule has 0 aromatic heterocycles. The number of rotatable bonds is 6. The number of thioether (sulfide) groups is 1. The Kier molecular flexibility index (Phi) is 5.95. The molecule has 0 saturated carbocycles. The van der Waals surface area contributed by atoms with Crippen LogP contribution in [-0.2, 0) is 6.42 Å². The van der Waals surface area contributed by atoms with Gasteiger partial charge in [-0.25, -0.2) is 0 Å². The average Bonchev–Trinajstić information content (AvgIpc) is 2.91. The maximum absolute atomic E-state index is 4.90. The summed E-state index contributed by atoms with van der Waals surface area (Å²) in [4.78, 5) is 7.34. The number of nitrogens with zero attached hydrogens (tertiary/aromatic N) is 2. The van der Waals surface area contributed by atoms with Crippen molar-refractivity contribution < 1.29 is 0 Å². The van der Waals surface area contributed by atoms with Gasteiger partial charge < -0.3 is 10.2 Å². The highest BCUT2D eigenvalue weighted by Crippen LogP contribution is 2.32. The van der Waals surface area contributed by atoms with E-state index in [1.54, 1.807) is 0 Å². The third kappa shape index (κ3) is 4.63. The molecule has 0 radical (unpaired) electrons. The molecule has 2 aromatic carbocycles. The van der Waals surface area contributed by atoms with Crippen molar-refractivity contribution in [2.45, 2.75) is 12.8 Å². The van der Waals surface area contributed by atoms with Gasteiger partial charge in [-0.15, -0.1) is 11.8 Å². The van der Waals surface area contributed by atoms with Crippen molar-refractivity contribution in [3.63, 3.8) is 0 Å². The summed E-state index contributed by atoms with van der Waals surface area (Å²) in [6, 6.07) is 17.2. The van der Waals surface area contributed by atoms with E-state index in [2.05, 4.69) is 65.3 Å². The summed E-state index contributed by atoms with van der Waals surface area (Å²) < 4.78 is 0. The van der Waals surface area contributed by atoms with Gasteiger partial charge in [-0.1, -0.05) is 49.0 Å². The average molecular weight is 378 g/mol. The maximum atomic E-state index is 4.90. The molecule has 2 heterocycles. The Balaban J connectivity index is 1.32. The van der Waals surface area contributed by atoms with Crippen LogP contribution < -0.4 is 5.32 Å². The first-order valence-electron chi connectivity index (χ1n) is 9.75. The number of aliphatic imine (C=N–C) groups is 1. The summed E-state index contributed by atoms with van der Waals surface area (Å²) >= 11 is 1.94. The van der Waals surface area contributed by atoms with E-state index < -0.39 is 0 Å². The Bertz CT molecular complexity index is 821. The van der Waals surface area contributed by atoms with E-state index in [0.29, 0.717) is 0 Å². The minimum Gasteiger partial charge on any atom is -0.373 e. The maximum Gasteiger partial charge on any atom is 0.0671 e.